The summed E-state index contributed by atoms with van der Waals surface area (Å²) in [6.07, 6.45) is -12.2. The third-order valence-corrected chi connectivity index (χ3v) is 7.10. The van der Waals surface area contributed by atoms with Gasteiger partial charge in [-0.3, -0.25) is 0 Å². The summed E-state index contributed by atoms with van der Waals surface area (Å²) in [5.41, 5.74) is 4.41. The molecule has 0 aromatic rings. The quantitative estimate of drug-likeness (QED) is 0.226. The molecule has 0 aliphatic rings. The zero-order valence-electron chi connectivity index (χ0n) is 15.3. The second kappa shape index (κ2) is 8.94. The molecule has 0 fully saturated rings. The van der Waals surface area contributed by atoms with Gasteiger partial charge in [0.2, 0.25) is 0 Å². The third kappa shape index (κ3) is 5.50. The van der Waals surface area contributed by atoms with Crippen LogP contribution in [0, 0.1) is 0 Å². The zero-order valence-corrected chi connectivity index (χ0v) is 17.6. The number of amides is 1. The van der Waals surface area contributed by atoms with Gasteiger partial charge in [0, 0.05) is 0 Å². The van der Waals surface area contributed by atoms with Crippen LogP contribution in [-0.4, -0.2) is 72.5 Å². The normalized spacial score (nSPS) is 16.7. The minimum absolute atomic E-state index is 0.328. The van der Waals surface area contributed by atoms with Crippen molar-refractivity contribution in [2.24, 2.45) is 5.73 Å². The third-order valence-electron chi connectivity index (χ3n) is 3.85. The van der Waals surface area contributed by atoms with Crippen molar-refractivity contribution in [1.82, 2.24) is 0 Å². The molecular formula is C13H10F17NOTe. The van der Waals surface area contributed by atoms with Gasteiger partial charge in [-0.25, -0.2) is 0 Å². The van der Waals surface area contributed by atoms with Crippen molar-refractivity contribution >= 4 is 26.8 Å². The van der Waals surface area contributed by atoms with Gasteiger partial charge >= 0.3 is 181 Å². The molecule has 0 aromatic carbocycles. The van der Waals surface area contributed by atoms with Gasteiger partial charge in [-0.1, -0.05) is 0 Å². The van der Waals surface area contributed by atoms with Crippen LogP contribution in [0.1, 0.15) is 19.8 Å². The van der Waals surface area contributed by atoms with E-state index in [1.165, 1.54) is 0 Å². The second-order valence-corrected chi connectivity index (χ2v) is 10.5. The number of carbonyl (C=O) groups is 1. The van der Waals surface area contributed by atoms with Gasteiger partial charge in [-0.05, 0) is 0 Å². The monoisotopic (exact) mass is 649 g/mol. The number of alkyl halides is 17. The zero-order chi connectivity index (χ0) is 27.3. The fourth-order valence-corrected chi connectivity index (χ4v) is 4.20. The molecule has 0 heterocycles. The first-order chi connectivity index (χ1) is 14.0. The molecular weight excluding hydrogens is 637 g/mol. The van der Waals surface area contributed by atoms with Crippen LogP contribution in [-0.2, 0) is 4.79 Å². The molecule has 0 radical (unpaired) electrons. The Kier molecular flexibility index (Phi) is 8.68. The molecule has 0 spiro atoms. The van der Waals surface area contributed by atoms with E-state index in [4.69, 9.17) is 0 Å². The molecule has 2 N–H and O–H groups in total. The van der Waals surface area contributed by atoms with Crippen molar-refractivity contribution in [1.29, 1.82) is 0 Å². The molecule has 20 heteroatoms. The molecule has 0 aliphatic heterocycles. The Labute approximate surface area is 182 Å². The van der Waals surface area contributed by atoms with E-state index in [0.29, 0.717) is 6.92 Å². The summed E-state index contributed by atoms with van der Waals surface area (Å²) in [6, 6.07) is 0. The van der Waals surface area contributed by atoms with Crippen molar-refractivity contribution in [2.75, 3.05) is 0 Å². The molecule has 0 rings (SSSR count). The molecule has 0 saturated heterocycles. The van der Waals surface area contributed by atoms with Crippen LogP contribution in [0.15, 0.2) is 0 Å². The van der Waals surface area contributed by atoms with Crippen LogP contribution in [0.5, 0.6) is 0 Å². The standard InChI is InChI=1S/C13H10F17NOTe/c1-4(5(31)32)33-13(29,30)12(27,28)11(25,26)10(23,24)9(21,22)8(19,20)6(14,15)2-3-7(16,17)18/h4H,2-3H2,1H3,(H2,31,32). The Bertz CT molecular complexity index is 716. The van der Waals surface area contributed by atoms with Crippen LogP contribution >= 0.6 is 0 Å². The summed E-state index contributed by atoms with van der Waals surface area (Å²) in [4.78, 5) is 10.6. The average molecular weight is 647 g/mol. The van der Waals surface area contributed by atoms with Crippen molar-refractivity contribution in [3.8, 4) is 0 Å². The summed E-state index contributed by atoms with van der Waals surface area (Å²) in [5, 5.41) is 0. The van der Waals surface area contributed by atoms with Crippen molar-refractivity contribution in [2.45, 2.75) is 69.4 Å². The number of hydrogen-bond donors (Lipinski definition) is 1. The molecule has 1 atom stereocenters. The maximum atomic E-state index is 13.6. The van der Waals surface area contributed by atoms with Gasteiger partial charge in [-0.2, -0.15) is 0 Å². The number of carbonyl (C=O) groups excluding carboxylic acids is 1. The van der Waals surface area contributed by atoms with Crippen LogP contribution in [0.25, 0.3) is 0 Å². The van der Waals surface area contributed by atoms with Gasteiger partial charge in [0.1, 0.15) is 0 Å². The van der Waals surface area contributed by atoms with E-state index in [2.05, 4.69) is 5.73 Å². The minimum atomic E-state index is -8.37. The number of nitrogens with two attached hydrogens (primary N) is 1. The SMILES string of the molecule is CC([Te]C(F)(F)C(F)(F)C(F)(F)C(F)(F)C(F)(F)C(F)(F)C(F)(F)CCC(F)(F)F)C(N)=O. The van der Waals surface area contributed by atoms with Crippen molar-refractivity contribution in [3.63, 3.8) is 0 Å². The first kappa shape index (κ1) is 32.1. The van der Waals surface area contributed by atoms with Crippen molar-refractivity contribution < 1.29 is 79.4 Å². The summed E-state index contributed by atoms with van der Waals surface area (Å²) in [7, 11) is 0. The molecule has 33 heavy (non-hydrogen) atoms. The van der Waals surface area contributed by atoms with Crippen LogP contribution in [0.3, 0.4) is 0 Å². The van der Waals surface area contributed by atoms with Crippen LogP contribution < -0.4 is 5.73 Å². The van der Waals surface area contributed by atoms with Gasteiger partial charge in [-0.15, -0.1) is 0 Å². The van der Waals surface area contributed by atoms with Crippen molar-refractivity contribution in [3.05, 3.63) is 0 Å². The molecule has 0 aromatic heterocycles. The molecule has 198 valence electrons. The Morgan fingerprint density at radius 2 is 0.970 bits per heavy atom. The predicted octanol–water partition coefficient (Wildman–Crippen LogP) is 5.73. The fourth-order valence-electron chi connectivity index (χ4n) is 1.81. The van der Waals surface area contributed by atoms with Gasteiger partial charge < -0.3 is 0 Å². The molecule has 1 unspecified atom stereocenters. The fraction of sp³-hybridized carbons (Fsp3) is 0.923. The number of halogens is 17. The van der Waals surface area contributed by atoms with E-state index in [1.54, 1.807) is 0 Å². The van der Waals surface area contributed by atoms with Gasteiger partial charge in [0.05, 0.1) is 0 Å². The Hall–Kier alpha value is -0.930. The van der Waals surface area contributed by atoms with E-state index in [0.717, 1.165) is 0 Å². The predicted molar refractivity (Wildman–Crippen MR) is 74.3 cm³/mol. The molecule has 2 nitrogen and oxygen atoms in total. The van der Waals surface area contributed by atoms with E-state index in [-0.39, 0.29) is 0 Å². The molecule has 0 aliphatic carbocycles. The number of hydrogen-bond acceptors (Lipinski definition) is 1. The maximum absolute atomic E-state index is 13.6. The average Bonchev–Trinajstić information content (AvgIpc) is 2.57. The summed E-state index contributed by atoms with van der Waals surface area (Å²) in [6.45, 7) is 0.328. The number of primary amides is 1. The first-order valence-electron chi connectivity index (χ1n) is 7.72. The van der Waals surface area contributed by atoms with Gasteiger partial charge in [0.25, 0.3) is 0 Å². The van der Waals surface area contributed by atoms with Crippen LogP contribution in [0.4, 0.5) is 74.6 Å². The summed E-state index contributed by atoms with van der Waals surface area (Å²) in [5.74, 6) is -49.0. The molecule has 0 bridgehead atoms. The summed E-state index contributed by atoms with van der Waals surface area (Å²) < 4.78 is 216. The summed E-state index contributed by atoms with van der Waals surface area (Å²) >= 11 is -4.23. The Morgan fingerprint density at radius 3 is 1.30 bits per heavy atom. The molecule has 0 saturated carbocycles. The van der Waals surface area contributed by atoms with E-state index < -0.39 is 89.3 Å². The Balaban J connectivity index is 6.47. The second-order valence-electron chi connectivity index (χ2n) is 6.37. The topological polar surface area (TPSA) is 43.1 Å². The molecule has 1 amide bonds. The first-order valence-corrected chi connectivity index (χ1v) is 10.2. The number of rotatable bonds is 11. The van der Waals surface area contributed by atoms with Gasteiger partial charge in [0.15, 0.2) is 0 Å². The van der Waals surface area contributed by atoms with E-state index >= 15 is 0 Å². The van der Waals surface area contributed by atoms with Crippen LogP contribution in [0.2, 0.25) is 3.97 Å². The Morgan fingerprint density at radius 1 is 0.636 bits per heavy atom. The van der Waals surface area contributed by atoms with E-state index in [1.807, 2.05) is 0 Å². The van der Waals surface area contributed by atoms with E-state index in [9.17, 15) is 79.4 Å².